The summed E-state index contributed by atoms with van der Waals surface area (Å²) in [5.74, 6) is -0.753. The van der Waals surface area contributed by atoms with E-state index in [9.17, 15) is 18.0 Å². The SMILES string of the molecule is CC[C@H](C)NC(=O)[C@@H](Cc1ccccc1)N(Cc1c(Cl)cccc1Cl)C(=O)CN(c1cc(C)ccc1OC)S(=O)(=O)c1ccc(C)cc1. The second-order valence-electron chi connectivity index (χ2n) is 11.7. The summed E-state index contributed by atoms with van der Waals surface area (Å²) in [5.41, 5.74) is 3.07. The van der Waals surface area contributed by atoms with E-state index in [1.54, 1.807) is 48.5 Å². The molecule has 0 radical (unpaired) electrons. The van der Waals surface area contributed by atoms with E-state index in [1.165, 1.54) is 24.1 Å². The third-order valence-electron chi connectivity index (χ3n) is 8.15. The molecule has 0 aliphatic rings. The van der Waals surface area contributed by atoms with Gasteiger partial charge in [0.25, 0.3) is 10.0 Å². The summed E-state index contributed by atoms with van der Waals surface area (Å²) in [4.78, 5) is 30.2. The Morgan fingerprint density at radius 2 is 1.50 bits per heavy atom. The van der Waals surface area contributed by atoms with Crippen LogP contribution in [0.3, 0.4) is 0 Å². The number of carbonyl (C=O) groups is 2. The van der Waals surface area contributed by atoms with E-state index in [0.29, 0.717) is 22.0 Å². The van der Waals surface area contributed by atoms with Crippen LogP contribution in [0.25, 0.3) is 0 Å². The number of ether oxygens (including phenoxy) is 1. The van der Waals surface area contributed by atoms with Crippen LogP contribution in [0.15, 0.2) is 95.9 Å². The molecule has 254 valence electrons. The van der Waals surface area contributed by atoms with Crippen molar-refractivity contribution < 1.29 is 22.7 Å². The van der Waals surface area contributed by atoms with Crippen molar-refractivity contribution in [1.29, 1.82) is 0 Å². The van der Waals surface area contributed by atoms with Crippen LogP contribution in [0.1, 0.15) is 42.5 Å². The number of carbonyl (C=O) groups excluding carboxylic acids is 2. The van der Waals surface area contributed by atoms with E-state index < -0.39 is 28.5 Å². The number of aryl methyl sites for hydroxylation is 2. The Labute approximate surface area is 293 Å². The molecule has 0 heterocycles. The van der Waals surface area contributed by atoms with Crippen molar-refractivity contribution in [2.75, 3.05) is 18.0 Å². The second kappa shape index (κ2) is 16.4. The molecule has 4 rings (SSSR count). The highest BCUT2D eigenvalue weighted by Crippen LogP contribution is 2.34. The number of halogens is 2. The van der Waals surface area contributed by atoms with Gasteiger partial charge in [-0.15, -0.1) is 0 Å². The van der Waals surface area contributed by atoms with Crippen LogP contribution in [-0.4, -0.2) is 50.9 Å². The Hall–Kier alpha value is -4.05. The van der Waals surface area contributed by atoms with Gasteiger partial charge in [0.1, 0.15) is 18.3 Å². The van der Waals surface area contributed by atoms with E-state index in [0.717, 1.165) is 21.0 Å². The number of methoxy groups -OCH3 is 1. The number of hydrogen-bond acceptors (Lipinski definition) is 5. The normalized spacial score (nSPS) is 12.6. The van der Waals surface area contributed by atoms with Gasteiger partial charge in [0.15, 0.2) is 0 Å². The number of sulfonamides is 1. The molecule has 1 N–H and O–H groups in total. The minimum Gasteiger partial charge on any atom is -0.495 e. The monoisotopic (exact) mass is 709 g/mol. The first-order chi connectivity index (χ1) is 22.8. The molecule has 2 atom stereocenters. The molecular weight excluding hydrogens is 669 g/mol. The van der Waals surface area contributed by atoms with Crippen molar-refractivity contribution in [3.63, 3.8) is 0 Å². The first-order valence-corrected chi connectivity index (χ1v) is 17.9. The van der Waals surface area contributed by atoms with Crippen LogP contribution in [0.4, 0.5) is 5.69 Å². The van der Waals surface area contributed by atoms with Crippen LogP contribution in [0.2, 0.25) is 10.0 Å². The lowest BCUT2D eigenvalue weighted by molar-refractivity contribution is -0.140. The molecule has 0 fully saturated rings. The van der Waals surface area contributed by atoms with Crippen LogP contribution in [0, 0.1) is 13.8 Å². The molecule has 0 saturated heterocycles. The molecule has 0 unspecified atom stereocenters. The van der Waals surface area contributed by atoms with Crippen molar-refractivity contribution in [2.24, 2.45) is 0 Å². The summed E-state index contributed by atoms with van der Waals surface area (Å²) in [6, 6.07) is 24.6. The van der Waals surface area contributed by atoms with Crippen LogP contribution >= 0.6 is 23.2 Å². The third kappa shape index (κ3) is 8.89. The number of hydrogen-bond donors (Lipinski definition) is 1. The van der Waals surface area contributed by atoms with Crippen molar-refractivity contribution in [3.8, 4) is 5.75 Å². The molecule has 4 aromatic carbocycles. The van der Waals surface area contributed by atoms with Crippen molar-refractivity contribution >= 4 is 50.7 Å². The van der Waals surface area contributed by atoms with Gasteiger partial charge in [0, 0.05) is 34.6 Å². The molecule has 2 amide bonds. The summed E-state index contributed by atoms with van der Waals surface area (Å²) in [5, 5.41) is 3.64. The molecular formula is C37H41Cl2N3O5S. The van der Waals surface area contributed by atoms with E-state index in [4.69, 9.17) is 27.9 Å². The minimum absolute atomic E-state index is 0.000469. The first-order valence-electron chi connectivity index (χ1n) is 15.7. The number of nitrogens with one attached hydrogen (secondary N) is 1. The molecule has 0 aliphatic carbocycles. The van der Waals surface area contributed by atoms with Gasteiger partial charge in [-0.05, 0) is 74.7 Å². The van der Waals surface area contributed by atoms with Crippen molar-refractivity contribution in [2.45, 2.75) is 64.1 Å². The number of nitrogens with zero attached hydrogens (tertiary/aromatic N) is 2. The Bertz CT molecular complexity index is 1820. The van der Waals surface area contributed by atoms with E-state index in [2.05, 4.69) is 5.32 Å². The van der Waals surface area contributed by atoms with Gasteiger partial charge in [-0.1, -0.05) is 90.3 Å². The zero-order chi connectivity index (χ0) is 35.0. The van der Waals surface area contributed by atoms with E-state index in [1.807, 2.05) is 58.0 Å². The zero-order valence-corrected chi connectivity index (χ0v) is 30.1. The van der Waals surface area contributed by atoms with Gasteiger partial charge >= 0.3 is 0 Å². The predicted molar refractivity (Wildman–Crippen MR) is 192 cm³/mol. The Morgan fingerprint density at radius 3 is 2.10 bits per heavy atom. The Morgan fingerprint density at radius 1 is 0.875 bits per heavy atom. The fraction of sp³-hybridized carbons (Fsp3) is 0.297. The smallest absolute Gasteiger partial charge is 0.264 e. The highest BCUT2D eigenvalue weighted by molar-refractivity contribution is 7.92. The lowest BCUT2D eigenvalue weighted by Gasteiger charge is -2.35. The molecule has 0 aromatic heterocycles. The molecule has 48 heavy (non-hydrogen) atoms. The molecule has 0 aliphatic heterocycles. The molecule has 0 bridgehead atoms. The fourth-order valence-corrected chi connectivity index (χ4v) is 7.13. The molecule has 8 nitrogen and oxygen atoms in total. The lowest BCUT2D eigenvalue weighted by Crippen LogP contribution is -2.54. The maximum Gasteiger partial charge on any atom is 0.264 e. The topological polar surface area (TPSA) is 96.0 Å². The van der Waals surface area contributed by atoms with Crippen LogP contribution < -0.4 is 14.4 Å². The van der Waals surface area contributed by atoms with Crippen LogP contribution in [0.5, 0.6) is 5.75 Å². The van der Waals surface area contributed by atoms with Crippen molar-refractivity contribution in [1.82, 2.24) is 10.2 Å². The summed E-state index contributed by atoms with van der Waals surface area (Å²) >= 11 is 13.2. The van der Waals surface area contributed by atoms with Gasteiger partial charge in [-0.2, -0.15) is 0 Å². The summed E-state index contributed by atoms with van der Waals surface area (Å²) < 4.78 is 35.4. The number of rotatable bonds is 14. The molecule has 0 saturated carbocycles. The third-order valence-corrected chi connectivity index (χ3v) is 10.6. The highest BCUT2D eigenvalue weighted by Gasteiger charge is 2.36. The van der Waals surface area contributed by atoms with E-state index in [-0.39, 0.29) is 41.2 Å². The maximum atomic E-state index is 14.8. The van der Waals surface area contributed by atoms with Gasteiger partial charge in [-0.25, -0.2) is 8.42 Å². The Kier molecular flexibility index (Phi) is 12.5. The molecule has 4 aromatic rings. The largest absolute Gasteiger partial charge is 0.495 e. The van der Waals surface area contributed by atoms with Crippen molar-refractivity contribution in [3.05, 3.63) is 123 Å². The summed E-state index contributed by atoms with van der Waals surface area (Å²) in [7, 11) is -2.87. The molecule has 0 spiro atoms. The lowest BCUT2D eigenvalue weighted by atomic mass is 10.0. The fourth-order valence-electron chi connectivity index (χ4n) is 5.19. The average Bonchev–Trinajstić information content (AvgIpc) is 3.06. The summed E-state index contributed by atoms with van der Waals surface area (Å²) in [6.07, 6.45) is 0.833. The van der Waals surface area contributed by atoms with Gasteiger partial charge < -0.3 is 15.0 Å². The first kappa shape index (κ1) is 36.8. The van der Waals surface area contributed by atoms with Gasteiger partial charge in [0.05, 0.1) is 17.7 Å². The minimum atomic E-state index is -4.31. The second-order valence-corrected chi connectivity index (χ2v) is 14.4. The Balaban J connectivity index is 1.89. The highest BCUT2D eigenvalue weighted by atomic mass is 35.5. The number of anilines is 1. The van der Waals surface area contributed by atoms with E-state index >= 15 is 0 Å². The predicted octanol–water partition coefficient (Wildman–Crippen LogP) is 7.37. The average molecular weight is 711 g/mol. The van der Waals surface area contributed by atoms with Gasteiger partial charge in [0.2, 0.25) is 11.8 Å². The molecule has 11 heteroatoms. The number of amides is 2. The van der Waals surface area contributed by atoms with Crippen LogP contribution in [-0.2, 0) is 32.6 Å². The standard InChI is InChI=1S/C37H41Cl2N3O5S/c1-6-27(4)40-37(44)34(22-28-11-8-7-9-12-28)41(23-30-31(38)13-10-14-32(30)39)36(43)24-42(33-21-26(3)17-20-35(33)47-5)48(45,46)29-18-15-25(2)16-19-29/h7-21,27,34H,6,22-24H2,1-5H3,(H,40,44)/t27-,34+/m0/s1. The quantitative estimate of drug-likeness (QED) is 0.148. The summed E-state index contributed by atoms with van der Waals surface area (Å²) in [6.45, 7) is 6.73. The zero-order valence-electron chi connectivity index (χ0n) is 27.7. The maximum absolute atomic E-state index is 14.8. The number of benzene rings is 4. The van der Waals surface area contributed by atoms with Gasteiger partial charge in [-0.3, -0.25) is 13.9 Å².